The molecular weight excluding hydrogens is 304 g/mol. The van der Waals surface area contributed by atoms with E-state index in [9.17, 15) is 14.4 Å². The maximum Gasteiger partial charge on any atom is 0.306 e. The Hall–Kier alpha value is -1.71. The third-order valence-electron chi connectivity index (χ3n) is 4.38. The van der Waals surface area contributed by atoms with Crippen molar-refractivity contribution in [2.45, 2.75) is 71.3 Å². The third-order valence-corrected chi connectivity index (χ3v) is 4.38. The van der Waals surface area contributed by atoms with Crippen LogP contribution in [0.2, 0.25) is 0 Å². The molecule has 1 rings (SSSR count). The van der Waals surface area contributed by atoms with Crippen LogP contribution in [0.25, 0.3) is 0 Å². The number of unbranched alkanes of at least 4 members (excludes halogenated alkanes) is 3. The summed E-state index contributed by atoms with van der Waals surface area (Å²) in [6, 6.07) is 0. The largest absolute Gasteiger partial charge is 0.458 e. The summed E-state index contributed by atoms with van der Waals surface area (Å²) < 4.78 is 5.22. The van der Waals surface area contributed by atoms with Gasteiger partial charge in [0.25, 0.3) is 0 Å². The lowest BCUT2D eigenvalue weighted by Gasteiger charge is -2.20. The molecule has 1 fully saturated rings. The summed E-state index contributed by atoms with van der Waals surface area (Å²) in [5.74, 6) is -1.00. The molecule has 1 heterocycles. The standard InChI is InChI=1S/C20H30O4/c1-3-4-5-6-7-8-11-19(16(2)22)17(15-21)13-14-18-10-9-12-20(23)24-18/h7-8,13-15,17-19H,3-6,9-12H2,1-2H3/b8-7-,14-13+/t17-,18?,19-/m1/s1. The lowest BCUT2D eigenvalue weighted by atomic mass is 9.86. The van der Waals surface area contributed by atoms with Gasteiger partial charge in [0.1, 0.15) is 18.2 Å². The second-order valence-corrected chi connectivity index (χ2v) is 6.44. The fraction of sp³-hybridized carbons (Fsp3) is 0.650. The number of ether oxygens (including phenoxy) is 1. The summed E-state index contributed by atoms with van der Waals surface area (Å²) in [6.07, 6.45) is 15.3. The van der Waals surface area contributed by atoms with Gasteiger partial charge >= 0.3 is 5.97 Å². The van der Waals surface area contributed by atoms with Crippen LogP contribution < -0.4 is 0 Å². The Kier molecular flexibility index (Phi) is 9.97. The molecule has 0 saturated carbocycles. The second-order valence-electron chi connectivity index (χ2n) is 6.44. The van der Waals surface area contributed by atoms with Crippen LogP contribution in [0.1, 0.15) is 65.2 Å². The normalized spacial score (nSPS) is 20.9. The molecule has 1 aliphatic rings. The van der Waals surface area contributed by atoms with Crippen LogP contribution in [0.3, 0.4) is 0 Å². The van der Waals surface area contributed by atoms with Crippen LogP contribution in [0.15, 0.2) is 24.3 Å². The van der Waals surface area contributed by atoms with E-state index in [1.54, 1.807) is 12.2 Å². The molecule has 0 N–H and O–H groups in total. The number of esters is 1. The van der Waals surface area contributed by atoms with Crippen molar-refractivity contribution >= 4 is 18.0 Å². The van der Waals surface area contributed by atoms with E-state index < -0.39 is 5.92 Å². The third kappa shape index (κ3) is 7.71. The van der Waals surface area contributed by atoms with E-state index >= 15 is 0 Å². The number of rotatable bonds is 11. The van der Waals surface area contributed by atoms with E-state index in [0.29, 0.717) is 12.8 Å². The van der Waals surface area contributed by atoms with E-state index in [1.807, 2.05) is 6.08 Å². The fourth-order valence-corrected chi connectivity index (χ4v) is 2.86. The van der Waals surface area contributed by atoms with Gasteiger partial charge in [0, 0.05) is 18.3 Å². The van der Waals surface area contributed by atoms with Gasteiger partial charge < -0.3 is 9.53 Å². The molecule has 0 bridgehead atoms. The maximum absolute atomic E-state index is 11.9. The highest BCUT2D eigenvalue weighted by Gasteiger charge is 2.23. The number of hydrogen-bond donors (Lipinski definition) is 0. The zero-order valence-corrected chi connectivity index (χ0v) is 14.9. The first-order valence-corrected chi connectivity index (χ1v) is 9.07. The predicted octanol–water partition coefficient (Wildman–Crippen LogP) is 4.19. The molecule has 1 aliphatic heterocycles. The fourth-order valence-electron chi connectivity index (χ4n) is 2.86. The van der Waals surface area contributed by atoms with Crippen molar-refractivity contribution in [3.05, 3.63) is 24.3 Å². The van der Waals surface area contributed by atoms with Crippen molar-refractivity contribution in [3.8, 4) is 0 Å². The second kappa shape index (κ2) is 11.8. The van der Waals surface area contributed by atoms with Gasteiger partial charge in [-0.05, 0) is 45.1 Å². The Morgan fingerprint density at radius 3 is 2.75 bits per heavy atom. The van der Waals surface area contributed by atoms with E-state index in [1.165, 1.54) is 19.8 Å². The summed E-state index contributed by atoms with van der Waals surface area (Å²) in [5.41, 5.74) is 0. The average molecular weight is 334 g/mol. The molecule has 0 amide bonds. The Morgan fingerprint density at radius 2 is 2.12 bits per heavy atom. The van der Waals surface area contributed by atoms with E-state index in [4.69, 9.17) is 4.74 Å². The van der Waals surface area contributed by atoms with Gasteiger partial charge in [0.05, 0.1) is 0 Å². The summed E-state index contributed by atoms with van der Waals surface area (Å²) in [4.78, 5) is 34.6. The average Bonchev–Trinajstić information content (AvgIpc) is 2.56. The number of allylic oxidation sites excluding steroid dienone is 3. The van der Waals surface area contributed by atoms with Crippen LogP contribution in [0, 0.1) is 11.8 Å². The Bertz CT molecular complexity index is 464. The Morgan fingerprint density at radius 1 is 1.33 bits per heavy atom. The smallest absolute Gasteiger partial charge is 0.306 e. The van der Waals surface area contributed by atoms with Crippen molar-refractivity contribution in [3.63, 3.8) is 0 Å². The summed E-state index contributed by atoms with van der Waals surface area (Å²) in [6.45, 7) is 3.70. The molecular formula is C20H30O4. The first-order valence-electron chi connectivity index (χ1n) is 9.07. The monoisotopic (exact) mass is 334 g/mol. The minimum Gasteiger partial charge on any atom is -0.458 e. The number of ketones is 1. The lowest BCUT2D eigenvalue weighted by molar-refractivity contribution is -0.150. The van der Waals surface area contributed by atoms with Crippen molar-refractivity contribution < 1.29 is 19.1 Å². The minimum atomic E-state index is -0.469. The van der Waals surface area contributed by atoms with Gasteiger partial charge in [-0.15, -0.1) is 0 Å². The molecule has 134 valence electrons. The lowest BCUT2D eigenvalue weighted by Crippen LogP contribution is -2.24. The first-order chi connectivity index (χ1) is 11.6. The van der Waals surface area contributed by atoms with Gasteiger partial charge in [-0.1, -0.05) is 38.0 Å². The minimum absolute atomic E-state index is 0.00981. The zero-order chi connectivity index (χ0) is 17.8. The summed E-state index contributed by atoms with van der Waals surface area (Å²) in [7, 11) is 0. The number of carbonyl (C=O) groups is 3. The van der Waals surface area contributed by atoms with Crippen LogP contribution >= 0.6 is 0 Å². The highest BCUT2D eigenvalue weighted by Crippen LogP contribution is 2.21. The van der Waals surface area contributed by atoms with Crippen LogP contribution in [0.4, 0.5) is 0 Å². The molecule has 24 heavy (non-hydrogen) atoms. The highest BCUT2D eigenvalue weighted by atomic mass is 16.5. The van der Waals surface area contributed by atoms with Crippen LogP contribution in [0.5, 0.6) is 0 Å². The Balaban J connectivity index is 2.57. The molecule has 4 heteroatoms. The maximum atomic E-state index is 11.9. The number of Topliss-reactive ketones (excluding diaryl/α,β-unsaturated/α-hetero) is 1. The number of carbonyl (C=O) groups excluding carboxylic acids is 3. The van der Waals surface area contributed by atoms with Crippen molar-refractivity contribution in [1.82, 2.24) is 0 Å². The predicted molar refractivity (Wildman–Crippen MR) is 94.5 cm³/mol. The highest BCUT2D eigenvalue weighted by molar-refractivity contribution is 5.82. The molecule has 1 saturated heterocycles. The number of cyclic esters (lactones) is 1. The molecule has 0 aromatic heterocycles. The summed E-state index contributed by atoms with van der Waals surface area (Å²) >= 11 is 0. The molecule has 0 radical (unpaired) electrons. The molecule has 3 atom stereocenters. The Labute approximate surface area is 145 Å². The van der Waals surface area contributed by atoms with Crippen LogP contribution in [-0.2, 0) is 19.1 Å². The topological polar surface area (TPSA) is 60.4 Å². The first kappa shape index (κ1) is 20.3. The molecule has 4 nitrogen and oxygen atoms in total. The quantitative estimate of drug-likeness (QED) is 0.246. The van der Waals surface area contributed by atoms with Crippen molar-refractivity contribution in [1.29, 1.82) is 0 Å². The molecule has 0 aromatic rings. The van der Waals surface area contributed by atoms with Crippen molar-refractivity contribution in [2.24, 2.45) is 11.8 Å². The van der Waals surface area contributed by atoms with Gasteiger partial charge in [-0.2, -0.15) is 0 Å². The SMILES string of the molecule is CCCCC/C=C\C[C@H](C(C)=O)[C@@H](C=O)/C=C/C1CCCC(=O)O1. The van der Waals surface area contributed by atoms with Gasteiger partial charge in [-0.3, -0.25) is 9.59 Å². The summed E-state index contributed by atoms with van der Waals surface area (Å²) in [5, 5.41) is 0. The molecule has 0 aliphatic carbocycles. The number of aldehydes is 1. The molecule has 0 spiro atoms. The van der Waals surface area contributed by atoms with Crippen LogP contribution in [-0.4, -0.2) is 24.1 Å². The van der Waals surface area contributed by atoms with Gasteiger partial charge in [0.15, 0.2) is 0 Å². The van der Waals surface area contributed by atoms with E-state index in [-0.39, 0.29) is 23.8 Å². The van der Waals surface area contributed by atoms with E-state index in [0.717, 1.165) is 32.0 Å². The van der Waals surface area contributed by atoms with Crippen molar-refractivity contribution in [2.75, 3.05) is 0 Å². The zero-order valence-electron chi connectivity index (χ0n) is 14.9. The number of hydrogen-bond acceptors (Lipinski definition) is 4. The van der Waals surface area contributed by atoms with Gasteiger partial charge in [-0.25, -0.2) is 0 Å². The van der Waals surface area contributed by atoms with Gasteiger partial charge in [0.2, 0.25) is 0 Å². The molecule has 1 unspecified atom stereocenters. The molecule has 0 aromatic carbocycles. The van der Waals surface area contributed by atoms with E-state index in [2.05, 4.69) is 13.0 Å².